The number of rotatable bonds is 5. The van der Waals surface area contributed by atoms with Crippen molar-refractivity contribution in [3.05, 3.63) is 28.8 Å². The summed E-state index contributed by atoms with van der Waals surface area (Å²) in [5.41, 5.74) is 3.36. The fourth-order valence-electron chi connectivity index (χ4n) is 1.97. The van der Waals surface area contributed by atoms with Gasteiger partial charge in [-0.05, 0) is 38.9 Å². The Morgan fingerprint density at radius 3 is 2.28 bits per heavy atom. The van der Waals surface area contributed by atoms with Crippen molar-refractivity contribution in [2.24, 2.45) is 0 Å². The van der Waals surface area contributed by atoms with Crippen LogP contribution >= 0.6 is 0 Å². The number of carbonyl (C=O) groups excluding carboxylic acids is 1. The minimum absolute atomic E-state index is 0.258. The number of carbonyl (C=O) groups is 1. The van der Waals surface area contributed by atoms with Crippen molar-refractivity contribution < 1.29 is 14.3 Å². The van der Waals surface area contributed by atoms with Crippen molar-refractivity contribution in [2.45, 2.75) is 26.8 Å². The highest BCUT2D eigenvalue weighted by molar-refractivity contribution is 5.75. The van der Waals surface area contributed by atoms with E-state index in [1.54, 1.807) is 7.05 Å². The van der Waals surface area contributed by atoms with Crippen LogP contribution in [0.4, 0.5) is 0 Å². The highest BCUT2D eigenvalue weighted by Gasteiger charge is 2.18. The predicted octanol–water partition coefficient (Wildman–Crippen LogP) is 1.75. The van der Waals surface area contributed by atoms with Crippen molar-refractivity contribution in [3.8, 4) is 5.75 Å². The molecule has 1 unspecified atom stereocenters. The van der Waals surface area contributed by atoms with Crippen LogP contribution in [-0.2, 0) is 9.53 Å². The molecule has 0 heterocycles. The predicted molar refractivity (Wildman–Crippen MR) is 71.0 cm³/mol. The number of aryl methyl sites for hydroxylation is 3. The molecule has 1 aromatic rings. The molecule has 18 heavy (non-hydrogen) atoms. The summed E-state index contributed by atoms with van der Waals surface area (Å²) < 4.78 is 10.4. The molecule has 0 radical (unpaired) electrons. The van der Waals surface area contributed by atoms with Crippen LogP contribution in [0.2, 0.25) is 0 Å². The summed E-state index contributed by atoms with van der Waals surface area (Å²) in [7, 11) is 3.08. The van der Waals surface area contributed by atoms with Crippen LogP contribution in [0.15, 0.2) is 12.1 Å². The van der Waals surface area contributed by atoms with Gasteiger partial charge in [-0.15, -0.1) is 0 Å². The van der Waals surface area contributed by atoms with E-state index in [1.165, 1.54) is 12.7 Å². The van der Waals surface area contributed by atoms with Gasteiger partial charge in [0.2, 0.25) is 0 Å². The first-order valence-electron chi connectivity index (χ1n) is 5.95. The number of likely N-dealkylation sites (N-methyl/N-ethyl adjacent to an activating group) is 1. The molecule has 4 heteroatoms. The van der Waals surface area contributed by atoms with Crippen LogP contribution in [0.25, 0.3) is 0 Å². The fraction of sp³-hybridized carbons (Fsp3) is 0.500. The molecule has 1 N–H and O–H groups in total. The van der Waals surface area contributed by atoms with Gasteiger partial charge in [0.25, 0.3) is 0 Å². The van der Waals surface area contributed by atoms with Crippen molar-refractivity contribution >= 4 is 5.97 Å². The van der Waals surface area contributed by atoms with E-state index in [1.807, 2.05) is 13.8 Å². The first-order valence-corrected chi connectivity index (χ1v) is 5.95. The molecule has 4 nitrogen and oxygen atoms in total. The van der Waals surface area contributed by atoms with Crippen LogP contribution in [0.3, 0.4) is 0 Å². The molecule has 0 saturated carbocycles. The maximum Gasteiger partial charge on any atom is 0.326 e. The van der Waals surface area contributed by atoms with Crippen molar-refractivity contribution in [1.82, 2.24) is 5.32 Å². The van der Waals surface area contributed by atoms with Gasteiger partial charge in [0, 0.05) is 0 Å². The standard InChI is InChI=1S/C14H21NO3/c1-9-6-10(2)13(11(3)7-9)18-8-12(15-4)14(16)17-5/h6-7,12,15H,8H2,1-5H3. The summed E-state index contributed by atoms with van der Waals surface area (Å²) in [6.07, 6.45) is 0. The maximum absolute atomic E-state index is 11.4. The SMILES string of the molecule is CNC(COc1c(C)cc(C)cc1C)C(=O)OC. The van der Waals surface area contributed by atoms with Crippen LogP contribution < -0.4 is 10.1 Å². The second kappa shape index (κ2) is 6.40. The van der Waals surface area contributed by atoms with Crippen LogP contribution in [-0.4, -0.2) is 32.8 Å². The van der Waals surface area contributed by atoms with E-state index in [4.69, 9.17) is 4.74 Å². The molecule has 0 aliphatic carbocycles. The summed E-state index contributed by atoms with van der Waals surface area (Å²) in [6.45, 7) is 6.31. The third kappa shape index (κ3) is 3.47. The maximum atomic E-state index is 11.4. The molecule has 1 aromatic carbocycles. The van der Waals surface area contributed by atoms with E-state index in [0.29, 0.717) is 0 Å². The second-order valence-corrected chi connectivity index (χ2v) is 4.40. The van der Waals surface area contributed by atoms with Gasteiger partial charge in [0.1, 0.15) is 18.4 Å². The van der Waals surface area contributed by atoms with Gasteiger partial charge in [-0.2, -0.15) is 0 Å². The van der Waals surface area contributed by atoms with E-state index in [9.17, 15) is 4.79 Å². The molecule has 0 saturated heterocycles. The average Bonchev–Trinajstić information content (AvgIpc) is 2.31. The Hall–Kier alpha value is -1.55. The Morgan fingerprint density at radius 2 is 1.83 bits per heavy atom. The largest absolute Gasteiger partial charge is 0.491 e. The van der Waals surface area contributed by atoms with E-state index in [0.717, 1.165) is 16.9 Å². The molecule has 1 atom stereocenters. The first kappa shape index (κ1) is 14.5. The molecule has 0 fully saturated rings. The minimum atomic E-state index is -0.449. The highest BCUT2D eigenvalue weighted by Crippen LogP contribution is 2.24. The molecule has 1 rings (SSSR count). The fourth-order valence-corrected chi connectivity index (χ4v) is 1.97. The zero-order chi connectivity index (χ0) is 13.7. The molecular formula is C14H21NO3. The number of esters is 1. The topological polar surface area (TPSA) is 47.6 Å². The van der Waals surface area contributed by atoms with E-state index >= 15 is 0 Å². The van der Waals surface area contributed by atoms with Gasteiger partial charge in [-0.1, -0.05) is 17.7 Å². The molecule has 0 spiro atoms. The van der Waals surface area contributed by atoms with Crippen molar-refractivity contribution in [3.63, 3.8) is 0 Å². The third-order valence-electron chi connectivity index (χ3n) is 2.83. The van der Waals surface area contributed by atoms with E-state index in [2.05, 4.69) is 29.1 Å². The second-order valence-electron chi connectivity index (χ2n) is 4.40. The van der Waals surface area contributed by atoms with E-state index in [-0.39, 0.29) is 12.6 Å². The lowest BCUT2D eigenvalue weighted by Gasteiger charge is -2.17. The molecular weight excluding hydrogens is 230 g/mol. The van der Waals surface area contributed by atoms with Gasteiger partial charge in [0.05, 0.1) is 7.11 Å². The number of ether oxygens (including phenoxy) is 2. The Kier molecular flexibility index (Phi) is 5.16. The molecule has 0 aliphatic rings. The lowest BCUT2D eigenvalue weighted by molar-refractivity contribution is -0.143. The molecule has 0 aliphatic heterocycles. The van der Waals surface area contributed by atoms with E-state index < -0.39 is 6.04 Å². The number of nitrogens with one attached hydrogen (secondary N) is 1. The lowest BCUT2D eigenvalue weighted by Crippen LogP contribution is -2.40. The number of benzene rings is 1. The monoisotopic (exact) mass is 251 g/mol. The summed E-state index contributed by atoms with van der Waals surface area (Å²) >= 11 is 0. The van der Waals surface area contributed by atoms with Crippen LogP contribution in [0, 0.1) is 20.8 Å². The van der Waals surface area contributed by atoms with Crippen molar-refractivity contribution in [2.75, 3.05) is 20.8 Å². The first-order chi connectivity index (χ1) is 8.49. The zero-order valence-corrected chi connectivity index (χ0v) is 11.7. The van der Waals surface area contributed by atoms with Gasteiger partial charge in [-0.3, -0.25) is 4.79 Å². The van der Waals surface area contributed by atoms with Crippen molar-refractivity contribution in [1.29, 1.82) is 0 Å². The Balaban J connectivity index is 2.77. The zero-order valence-electron chi connectivity index (χ0n) is 11.7. The summed E-state index contributed by atoms with van der Waals surface area (Å²) in [6, 6.07) is 3.68. The smallest absolute Gasteiger partial charge is 0.326 e. The third-order valence-corrected chi connectivity index (χ3v) is 2.83. The Labute approximate surface area is 108 Å². The summed E-state index contributed by atoms with van der Waals surface area (Å²) in [5, 5.41) is 2.87. The Bertz CT molecular complexity index is 406. The van der Waals surface area contributed by atoms with Crippen LogP contribution in [0.1, 0.15) is 16.7 Å². The number of hydrogen-bond donors (Lipinski definition) is 1. The number of hydrogen-bond acceptors (Lipinski definition) is 4. The molecule has 100 valence electrons. The molecule has 0 amide bonds. The van der Waals surface area contributed by atoms with Gasteiger partial charge < -0.3 is 14.8 Å². The van der Waals surface area contributed by atoms with Crippen LogP contribution in [0.5, 0.6) is 5.75 Å². The quantitative estimate of drug-likeness (QED) is 0.810. The summed E-state index contributed by atoms with van der Waals surface area (Å²) in [5.74, 6) is 0.518. The lowest BCUT2D eigenvalue weighted by atomic mass is 10.1. The molecule has 0 bridgehead atoms. The van der Waals surface area contributed by atoms with Gasteiger partial charge in [0.15, 0.2) is 0 Å². The van der Waals surface area contributed by atoms with Gasteiger partial charge >= 0.3 is 5.97 Å². The average molecular weight is 251 g/mol. The molecule has 0 aromatic heterocycles. The minimum Gasteiger partial charge on any atom is -0.491 e. The number of methoxy groups -OCH3 is 1. The van der Waals surface area contributed by atoms with Gasteiger partial charge in [-0.25, -0.2) is 0 Å². The normalized spacial score (nSPS) is 12.1. The highest BCUT2D eigenvalue weighted by atomic mass is 16.5. The summed E-state index contributed by atoms with van der Waals surface area (Å²) in [4.78, 5) is 11.4. The Morgan fingerprint density at radius 1 is 1.28 bits per heavy atom.